The van der Waals surface area contributed by atoms with Crippen molar-refractivity contribution in [2.24, 2.45) is 0 Å². The van der Waals surface area contributed by atoms with Gasteiger partial charge in [0.1, 0.15) is 5.82 Å². The van der Waals surface area contributed by atoms with Crippen LogP contribution in [0, 0.1) is 0 Å². The molecule has 104 heavy (non-hydrogen) atoms. The van der Waals surface area contributed by atoms with E-state index in [9.17, 15) is 29.7 Å². The summed E-state index contributed by atoms with van der Waals surface area (Å²) in [6.45, 7) is 9.31. The number of nitrogens with zero attached hydrogens (tertiary/aromatic N) is 13. The standard InChI is InChI=1S/C30H32N4O2.2C26H28N6O2/c35-19-18-34-28-16-17-33(21-26(24-12-6-2-7-13-24)25-14-8-3-9-15-25)22-27(28)29(32-34)30(36)31-20-23-10-4-1-5-11-23;33-14-13-31-24-11-12-30(17-21-16-28-32(18-21)22-9-5-2-6-10-22)19-23(24)25(29-31)26(34)27-15-20-7-3-1-4-8-20;33-16-15-32-23-11-14-30(18-21-9-6-13-31(21)24-10-4-5-12-27-24)19-22(23)25(29-32)26(34)28-17-20-7-2-1-3-8-20/h1-15,26,35H,16-22H2,(H,31,36);1-10,16,18,33H,11-15,17,19H2,(H,27,34);1-10,12-13,33H,11,14-19H2,(H,28,34). The maximum atomic E-state index is 13.2. The molecule has 0 saturated heterocycles. The molecule has 6 aromatic carbocycles. The fraction of sp³-hybridized carbons (Fsp3) is 0.268. The molecule has 12 aromatic rings. The van der Waals surface area contributed by atoms with Gasteiger partial charge in [-0.25, -0.2) is 9.67 Å². The van der Waals surface area contributed by atoms with Gasteiger partial charge in [-0.15, -0.1) is 0 Å². The van der Waals surface area contributed by atoms with Crippen molar-refractivity contribution < 1.29 is 29.7 Å². The molecule has 3 aliphatic heterocycles. The molecule has 15 rings (SSSR count). The molecule has 0 unspecified atom stereocenters. The van der Waals surface area contributed by atoms with E-state index in [1.165, 1.54) is 11.1 Å². The highest BCUT2D eigenvalue weighted by atomic mass is 16.3. The summed E-state index contributed by atoms with van der Waals surface area (Å²) >= 11 is 0. The Bertz CT molecular complexity index is 4680. The molecule has 532 valence electrons. The Kier molecular flexibility index (Phi) is 24.0. The molecule has 6 N–H and O–H groups in total. The van der Waals surface area contributed by atoms with Crippen LogP contribution in [0.5, 0.6) is 0 Å². The zero-order valence-electron chi connectivity index (χ0n) is 58.3. The predicted molar refractivity (Wildman–Crippen MR) is 397 cm³/mol. The van der Waals surface area contributed by atoms with Crippen LogP contribution in [0.2, 0.25) is 0 Å². The zero-order chi connectivity index (χ0) is 71.4. The first-order valence-corrected chi connectivity index (χ1v) is 35.6. The lowest BCUT2D eigenvalue weighted by molar-refractivity contribution is 0.0934. The Morgan fingerprint density at radius 3 is 1.27 bits per heavy atom. The smallest absolute Gasteiger partial charge is 0.272 e. The lowest BCUT2D eigenvalue weighted by Gasteiger charge is -2.31. The number of amides is 3. The Balaban J connectivity index is 0.000000139. The zero-order valence-corrected chi connectivity index (χ0v) is 58.3. The number of fused-ring (bicyclic) bond motifs is 3. The number of nitrogens with one attached hydrogen (secondary N) is 3. The summed E-state index contributed by atoms with van der Waals surface area (Å²) in [5.41, 5.74) is 16.3. The average molecular weight is 1390 g/mol. The van der Waals surface area contributed by atoms with Crippen molar-refractivity contribution >= 4 is 17.7 Å². The Morgan fingerprint density at radius 2 is 0.837 bits per heavy atom. The van der Waals surface area contributed by atoms with Gasteiger partial charge in [-0.3, -0.25) is 43.1 Å². The summed E-state index contributed by atoms with van der Waals surface area (Å²) in [7, 11) is 0. The van der Waals surface area contributed by atoms with Gasteiger partial charge in [0.2, 0.25) is 0 Å². The fourth-order valence-corrected chi connectivity index (χ4v) is 14.0. The number of hydrogen-bond acceptors (Lipinski definition) is 14. The van der Waals surface area contributed by atoms with Gasteiger partial charge in [0.05, 0.1) is 51.3 Å². The van der Waals surface area contributed by atoms with Crippen molar-refractivity contribution in [1.29, 1.82) is 0 Å². The number of aromatic nitrogens is 10. The van der Waals surface area contributed by atoms with Crippen molar-refractivity contribution in [2.75, 3.05) is 46.0 Å². The molecule has 3 aliphatic rings. The van der Waals surface area contributed by atoms with Gasteiger partial charge >= 0.3 is 0 Å². The van der Waals surface area contributed by atoms with E-state index in [4.69, 9.17) is 0 Å². The molecule has 3 amide bonds. The number of carbonyl (C=O) groups excluding carboxylic acids is 3. The molecule has 0 fully saturated rings. The predicted octanol–water partition coefficient (Wildman–Crippen LogP) is 9.09. The summed E-state index contributed by atoms with van der Waals surface area (Å²) in [6, 6.07) is 70.8. The van der Waals surface area contributed by atoms with Gasteiger partial charge in [0.15, 0.2) is 17.1 Å². The second kappa shape index (κ2) is 35.1. The van der Waals surface area contributed by atoms with Crippen LogP contribution in [0.4, 0.5) is 0 Å². The van der Waals surface area contributed by atoms with E-state index in [-0.39, 0.29) is 43.5 Å². The van der Waals surface area contributed by atoms with Crippen molar-refractivity contribution in [2.45, 2.75) is 97.2 Å². The van der Waals surface area contributed by atoms with Gasteiger partial charge in [0, 0.05) is 167 Å². The lowest BCUT2D eigenvalue weighted by Crippen LogP contribution is -2.35. The molecule has 6 aromatic heterocycles. The van der Waals surface area contributed by atoms with E-state index < -0.39 is 0 Å². The molecule has 0 aliphatic carbocycles. The van der Waals surface area contributed by atoms with Crippen molar-refractivity contribution in [3.05, 3.63) is 327 Å². The molecule has 0 bridgehead atoms. The normalized spacial score (nSPS) is 13.5. The highest BCUT2D eigenvalue weighted by molar-refractivity contribution is 5.95. The summed E-state index contributed by atoms with van der Waals surface area (Å²) in [6.07, 6.45) is 10.1. The number of para-hydroxylation sites is 1. The van der Waals surface area contributed by atoms with E-state index in [0.717, 1.165) is 132 Å². The van der Waals surface area contributed by atoms with Crippen molar-refractivity contribution in [3.63, 3.8) is 0 Å². The second-order valence-electron chi connectivity index (χ2n) is 26.1. The average Bonchev–Trinajstić information content (AvgIpc) is 1.64. The SMILES string of the molecule is O=C(NCc1ccccc1)c1nn(CCO)c2c1CN(CC(c1ccccc1)c1ccccc1)CC2.O=C(NCc1ccccc1)c1nn(CCO)c2c1CN(Cc1cccn1-c1ccccn1)CC2.O=C(NCc1ccccc1)c1nn(CCO)c2c1CN(Cc1cnn(-c3ccccc3)c1)CC2. The van der Waals surface area contributed by atoms with Gasteiger partial charge in [0.25, 0.3) is 17.7 Å². The minimum absolute atomic E-state index is 0.00695. The topological polar surface area (TPSA) is 247 Å². The van der Waals surface area contributed by atoms with Gasteiger partial charge in [-0.1, -0.05) is 176 Å². The molecule has 22 heteroatoms. The monoisotopic (exact) mass is 1390 g/mol. The van der Waals surface area contributed by atoms with E-state index in [0.29, 0.717) is 76.0 Å². The minimum Gasteiger partial charge on any atom is -0.394 e. The molecule has 9 heterocycles. The lowest BCUT2D eigenvalue weighted by atomic mass is 9.90. The third-order valence-electron chi connectivity index (χ3n) is 19.1. The Morgan fingerprint density at radius 1 is 0.433 bits per heavy atom. The fourth-order valence-electron chi connectivity index (χ4n) is 14.0. The highest BCUT2D eigenvalue weighted by Gasteiger charge is 2.33. The molecular weight excluding hydrogens is 1310 g/mol. The second-order valence-corrected chi connectivity index (χ2v) is 26.1. The largest absolute Gasteiger partial charge is 0.394 e. The van der Waals surface area contributed by atoms with Gasteiger partial charge < -0.3 is 35.8 Å². The summed E-state index contributed by atoms with van der Waals surface area (Å²) in [5, 5.41) is 55.9. The minimum atomic E-state index is -0.185. The van der Waals surface area contributed by atoms with Crippen LogP contribution in [0.3, 0.4) is 0 Å². The first kappa shape index (κ1) is 71.2. The number of hydrogen-bond donors (Lipinski definition) is 6. The molecule has 0 spiro atoms. The van der Waals surface area contributed by atoms with Crippen LogP contribution in [0.25, 0.3) is 11.5 Å². The van der Waals surface area contributed by atoms with Crippen LogP contribution in [0.1, 0.15) is 110 Å². The molecule has 22 nitrogen and oxygen atoms in total. The van der Waals surface area contributed by atoms with E-state index >= 15 is 0 Å². The molecule has 0 saturated carbocycles. The first-order chi connectivity index (χ1) is 51.2. The first-order valence-electron chi connectivity index (χ1n) is 35.6. The summed E-state index contributed by atoms with van der Waals surface area (Å²) < 4.78 is 9.37. The third-order valence-corrected chi connectivity index (χ3v) is 19.1. The Labute approximate surface area is 605 Å². The number of benzene rings is 6. The number of aliphatic hydroxyl groups excluding tert-OH is 3. The van der Waals surface area contributed by atoms with Gasteiger partial charge in [-0.2, -0.15) is 20.4 Å². The van der Waals surface area contributed by atoms with Crippen LogP contribution < -0.4 is 16.0 Å². The van der Waals surface area contributed by atoms with Crippen LogP contribution >= 0.6 is 0 Å². The number of rotatable bonds is 25. The maximum absolute atomic E-state index is 13.2. The molecule has 0 radical (unpaired) electrons. The van der Waals surface area contributed by atoms with Gasteiger partial charge in [-0.05, 0) is 64.2 Å². The van der Waals surface area contributed by atoms with E-state index in [1.807, 2.05) is 174 Å². The van der Waals surface area contributed by atoms with Crippen LogP contribution in [-0.2, 0) is 91.3 Å². The third kappa shape index (κ3) is 17.8. The number of carbonyl (C=O) groups is 3. The van der Waals surface area contributed by atoms with Crippen LogP contribution in [0.15, 0.2) is 237 Å². The molecular formula is C82H88N16O6. The number of aliphatic hydroxyl groups is 3. The van der Waals surface area contributed by atoms with Crippen LogP contribution in [-0.4, -0.2) is 142 Å². The van der Waals surface area contributed by atoms with E-state index in [1.54, 1.807) is 15.6 Å². The summed E-state index contributed by atoms with van der Waals surface area (Å²) in [4.78, 5) is 50.9. The number of pyridine rings is 1. The van der Waals surface area contributed by atoms with Crippen molar-refractivity contribution in [3.8, 4) is 11.5 Å². The summed E-state index contributed by atoms with van der Waals surface area (Å²) in [5.74, 6) is 0.580. The highest BCUT2D eigenvalue weighted by Crippen LogP contribution is 2.31. The molecule has 0 atom stereocenters. The maximum Gasteiger partial charge on any atom is 0.272 e. The Hall–Kier alpha value is -11.2. The van der Waals surface area contributed by atoms with E-state index in [2.05, 4.69) is 127 Å². The van der Waals surface area contributed by atoms with Crippen molar-refractivity contribution in [1.82, 2.24) is 79.3 Å². The quantitative estimate of drug-likeness (QED) is 0.0313.